The summed E-state index contributed by atoms with van der Waals surface area (Å²) in [5.41, 5.74) is -0.303. The molecule has 1 heterocycles. The molecule has 0 radical (unpaired) electrons. The van der Waals surface area contributed by atoms with Crippen molar-refractivity contribution in [1.82, 2.24) is 9.78 Å². The zero-order valence-electron chi connectivity index (χ0n) is 24.1. The number of nitrogens with zero attached hydrogens (tertiary/aromatic N) is 2. The van der Waals surface area contributed by atoms with Crippen LogP contribution in [-0.2, 0) is 25.5 Å². The second kappa shape index (κ2) is 10.4. The predicted molar refractivity (Wildman–Crippen MR) is 150 cm³/mol. The summed E-state index contributed by atoms with van der Waals surface area (Å²) in [4.78, 5) is 25.5. The van der Waals surface area contributed by atoms with Crippen molar-refractivity contribution in [2.45, 2.75) is 70.3 Å². The maximum absolute atomic E-state index is 13.6. The molecular formula is C31H34F4N2O5S. The Bertz CT molecular complexity index is 1480. The summed E-state index contributed by atoms with van der Waals surface area (Å²) in [5, 5.41) is 16.4. The average Bonchev–Trinajstić information content (AvgIpc) is 3.47. The zero-order valence-corrected chi connectivity index (χ0v) is 24.9. The van der Waals surface area contributed by atoms with Gasteiger partial charge < -0.3 is 14.6 Å². The van der Waals surface area contributed by atoms with Crippen LogP contribution in [-0.4, -0.2) is 56.9 Å². The highest BCUT2D eigenvalue weighted by molar-refractivity contribution is 7.98. The normalized spacial score (nSPS) is 34.7. The van der Waals surface area contributed by atoms with Crippen LogP contribution < -0.4 is 0 Å². The fraction of sp³-hybridized carbons (Fsp3) is 0.581. The number of esters is 2. The van der Waals surface area contributed by atoms with Gasteiger partial charge in [-0.2, -0.15) is 18.3 Å². The molecule has 0 bridgehead atoms. The fourth-order valence-corrected chi connectivity index (χ4v) is 9.05. The van der Waals surface area contributed by atoms with E-state index >= 15 is 0 Å². The molecule has 0 unspecified atom stereocenters. The molecule has 3 fully saturated rings. The number of carbonyl (C=O) groups is 2. The number of thioether (sulfide) groups is 1. The molecule has 7 nitrogen and oxygen atoms in total. The molecule has 232 valence electrons. The second-order valence-corrected chi connectivity index (χ2v) is 13.7. The van der Waals surface area contributed by atoms with Crippen LogP contribution in [0.3, 0.4) is 0 Å². The van der Waals surface area contributed by atoms with Gasteiger partial charge in [0.25, 0.3) is 0 Å². The highest BCUT2D eigenvalue weighted by Gasteiger charge is 2.70. The fourth-order valence-electron chi connectivity index (χ4n) is 8.82. The Kier molecular flexibility index (Phi) is 7.27. The Balaban J connectivity index is 1.40. The zero-order chi connectivity index (χ0) is 30.9. The van der Waals surface area contributed by atoms with Gasteiger partial charge in [0.15, 0.2) is 5.60 Å². The monoisotopic (exact) mass is 622 g/mol. The summed E-state index contributed by atoms with van der Waals surface area (Å²) in [7, 11) is 0. The molecule has 1 aromatic heterocycles. The largest absolute Gasteiger partial charge is 0.490 e. The Hall–Kier alpha value is -2.86. The lowest BCUT2D eigenvalue weighted by Gasteiger charge is -2.60. The van der Waals surface area contributed by atoms with Crippen LogP contribution in [0, 0.1) is 34.4 Å². The minimum absolute atomic E-state index is 0.0423. The molecule has 6 rings (SSSR count). The lowest BCUT2D eigenvalue weighted by atomic mass is 9.45. The number of carbonyl (C=O) groups excluding carboxylic acids is 2. The quantitative estimate of drug-likeness (QED) is 0.253. The van der Waals surface area contributed by atoms with Crippen LogP contribution in [0.1, 0.15) is 57.2 Å². The van der Waals surface area contributed by atoms with Gasteiger partial charge >= 0.3 is 18.1 Å². The van der Waals surface area contributed by atoms with E-state index in [2.05, 4.69) is 5.10 Å². The molecule has 43 heavy (non-hydrogen) atoms. The Labute approximate surface area is 251 Å². The van der Waals surface area contributed by atoms with Gasteiger partial charge in [0.2, 0.25) is 0 Å². The van der Waals surface area contributed by atoms with E-state index in [1.54, 1.807) is 36.2 Å². The van der Waals surface area contributed by atoms with Crippen LogP contribution in [0.2, 0.25) is 0 Å². The van der Waals surface area contributed by atoms with E-state index in [0.717, 1.165) is 16.8 Å². The van der Waals surface area contributed by atoms with Crippen molar-refractivity contribution in [2.24, 2.45) is 28.6 Å². The van der Waals surface area contributed by atoms with Gasteiger partial charge in [0.05, 0.1) is 17.6 Å². The smallest absolute Gasteiger partial charge is 0.455 e. The predicted octanol–water partition coefficient (Wildman–Crippen LogP) is 5.87. The Morgan fingerprint density at radius 2 is 1.91 bits per heavy atom. The van der Waals surface area contributed by atoms with E-state index in [4.69, 9.17) is 9.47 Å². The summed E-state index contributed by atoms with van der Waals surface area (Å²) >= 11 is 1.27. The topological polar surface area (TPSA) is 90.7 Å². The maximum Gasteiger partial charge on any atom is 0.490 e. The number of fused-ring (bicyclic) bond motifs is 6. The SMILES string of the molecule is CSCOC(=O)[C@@]1(O)CC[C@H]2[C@@H]3CCC4=Cc5c(cnn5-c5ccc(F)cc5)C[C@]4(C)[C@H]3[C@@H](OC(=O)C(F)(F)F)C[C@@]21C. The lowest BCUT2D eigenvalue weighted by molar-refractivity contribution is -0.228. The van der Waals surface area contributed by atoms with Crippen molar-refractivity contribution in [3.63, 3.8) is 0 Å². The van der Waals surface area contributed by atoms with Crippen LogP contribution in [0.15, 0.2) is 36.0 Å². The molecule has 0 aliphatic heterocycles. The van der Waals surface area contributed by atoms with Gasteiger partial charge in [-0.25, -0.2) is 18.7 Å². The molecule has 4 aliphatic rings. The summed E-state index contributed by atoms with van der Waals surface area (Å²) in [6, 6.07) is 5.97. The molecule has 0 saturated heterocycles. The summed E-state index contributed by atoms with van der Waals surface area (Å²) in [6.07, 6.45) is 1.34. The van der Waals surface area contributed by atoms with Crippen LogP contribution in [0.25, 0.3) is 11.8 Å². The molecule has 0 spiro atoms. The summed E-state index contributed by atoms with van der Waals surface area (Å²) in [5.74, 6) is -4.26. The second-order valence-electron chi connectivity index (χ2n) is 12.8. The molecule has 3 saturated carbocycles. The van der Waals surface area contributed by atoms with E-state index in [1.807, 2.05) is 13.0 Å². The summed E-state index contributed by atoms with van der Waals surface area (Å²) < 4.78 is 66.7. The van der Waals surface area contributed by atoms with Crippen molar-refractivity contribution < 1.29 is 41.7 Å². The molecule has 0 amide bonds. The minimum Gasteiger partial charge on any atom is -0.455 e. The van der Waals surface area contributed by atoms with E-state index in [9.17, 15) is 32.3 Å². The van der Waals surface area contributed by atoms with E-state index in [0.29, 0.717) is 31.4 Å². The van der Waals surface area contributed by atoms with Gasteiger partial charge in [-0.05, 0) is 97.9 Å². The first-order chi connectivity index (χ1) is 20.2. The van der Waals surface area contributed by atoms with Crippen molar-refractivity contribution in [1.29, 1.82) is 0 Å². The standard InChI is InChI=1S/C31H34F4N2O5S/c1-28-13-17-15-36-37(20-7-5-19(32)6-8-20)23(17)12-18(28)4-9-21-22-10-11-30(40,26(38)41-16-43-3)29(22,2)14-24(25(21)28)42-27(39)31(33,34)35/h5-8,12,15,21-22,24-25,40H,4,9-11,13-14,16H2,1-3H3/t21-,22-,24-,25+,28-,29-,30-/m0/s1. The Morgan fingerprint density at radius 3 is 2.58 bits per heavy atom. The van der Waals surface area contributed by atoms with Crippen LogP contribution >= 0.6 is 11.8 Å². The number of rotatable bonds is 5. The molecule has 7 atom stereocenters. The number of ether oxygens (including phenoxy) is 2. The first-order valence-electron chi connectivity index (χ1n) is 14.4. The van der Waals surface area contributed by atoms with Crippen molar-refractivity contribution in [3.05, 3.63) is 53.1 Å². The molecule has 12 heteroatoms. The molecule has 1 aromatic carbocycles. The van der Waals surface area contributed by atoms with E-state index < -0.39 is 46.6 Å². The summed E-state index contributed by atoms with van der Waals surface area (Å²) in [6.45, 7) is 3.74. The first-order valence-corrected chi connectivity index (χ1v) is 15.8. The number of allylic oxidation sites excluding steroid dienone is 1. The molecule has 1 N–H and O–H groups in total. The third-order valence-corrected chi connectivity index (χ3v) is 11.1. The van der Waals surface area contributed by atoms with Gasteiger partial charge in [0.1, 0.15) is 17.9 Å². The third-order valence-electron chi connectivity index (χ3n) is 10.8. The third kappa shape index (κ3) is 4.62. The number of halogens is 4. The lowest BCUT2D eigenvalue weighted by Crippen LogP contribution is -2.63. The highest BCUT2D eigenvalue weighted by Crippen LogP contribution is 2.68. The maximum atomic E-state index is 13.6. The van der Waals surface area contributed by atoms with Gasteiger partial charge in [-0.15, -0.1) is 11.8 Å². The number of benzene rings is 1. The molecule has 2 aromatic rings. The molecular weight excluding hydrogens is 588 g/mol. The van der Waals surface area contributed by atoms with Crippen molar-refractivity contribution >= 4 is 29.8 Å². The number of hydrogen-bond donors (Lipinski definition) is 1. The van der Waals surface area contributed by atoms with E-state index in [-0.39, 0.29) is 36.4 Å². The average molecular weight is 623 g/mol. The van der Waals surface area contributed by atoms with Gasteiger partial charge in [-0.1, -0.05) is 19.4 Å². The minimum atomic E-state index is -5.19. The van der Waals surface area contributed by atoms with Gasteiger partial charge in [-0.3, -0.25) is 0 Å². The number of aliphatic hydroxyl groups is 1. The van der Waals surface area contributed by atoms with Crippen molar-refractivity contribution in [2.75, 3.05) is 12.2 Å². The first kappa shape index (κ1) is 30.2. The number of aromatic nitrogens is 2. The van der Waals surface area contributed by atoms with Crippen LogP contribution in [0.5, 0.6) is 0 Å². The highest BCUT2D eigenvalue weighted by atomic mass is 32.2. The van der Waals surface area contributed by atoms with Gasteiger partial charge in [0, 0.05) is 11.3 Å². The Morgan fingerprint density at radius 1 is 1.19 bits per heavy atom. The van der Waals surface area contributed by atoms with E-state index in [1.165, 1.54) is 23.9 Å². The van der Waals surface area contributed by atoms with Crippen LogP contribution in [0.4, 0.5) is 17.6 Å². The molecule has 4 aliphatic carbocycles. The number of alkyl halides is 3. The number of hydrogen-bond acceptors (Lipinski definition) is 7. The van der Waals surface area contributed by atoms with Crippen molar-refractivity contribution in [3.8, 4) is 5.69 Å².